The summed E-state index contributed by atoms with van der Waals surface area (Å²) in [5.41, 5.74) is 3.00. The highest BCUT2D eigenvalue weighted by Crippen LogP contribution is 2.35. The van der Waals surface area contributed by atoms with Crippen molar-refractivity contribution in [2.75, 3.05) is 0 Å². The van der Waals surface area contributed by atoms with Crippen LogP contribution in [0.3, 0.4) is 0 Å². The molecular weight excluding hydrogens is 136 g/mol. The minimum atomic E-state index is -0.0703. The number of allylic oxidation sites excluding steroid dienone is 1. The number of hydrogen-bond donors (Lipinski definition) is 1. The fourth-order valence-electron chi connectivity index (χ4n) is 2.36. The molecule has 0 aromatic heterocycles. The molecular formula is C10H16O. The molecule has 0 saturated heterocycles. The fourth-order valence-corrected chi connectivity index (χ4v) is 2.36. The average molecular weight is 152 g/mol. The van der Waals surface area contributed by atoms with Gasteiger partial charge in [-0.25, -0.2) is 0 Å². The van der Waals surface area contributed by atoms with Crippen molar-refractivity contribution in [3.8, 4) is 0 Å². The molecule has 0 spiro atoms. The maximum Gasteiger partial charge on any atom is 0.0752 e. The maximum absolute atomic E-state index is 9.65. The van der Waals surface area contributed by atoms with E-state index in [0.29, 0.717) is 0 Å². The molecule has 62 valence electrons. The molecule has 0 fully saturated rings. The van der Waals surface area contributed by atoms with Gasteiger partial charge in [-0.3, -0.25) is 0 Å². The number of aliphatic hydroxyl groups is 1. The van der Waals surface area contributed by atoms with Crippen LogP contribution in [0.2, 0.25) is 0 Å². The Morgan fingerprint density at radius 3 is 2.55 bits per heavy atom. The fraction of sp³-hybridized carbons (Fsp3) is 0.800. The number of hydrogen-bond acceptors (Lipinski definition) is 1. The van der Waals surface area contributed by atoms with Crippen LogP contribution in [-0.2, 0) is 0 Å². The molecule has 0 bridgehead atoms. The summed E-state index contributed by atoms with van der Waals surface area (Å²) in [6.07, 6.45) is 8.52. The van der Waals surface area contributed by atoms with Crippen molar-refractivity contribution in [2.24, 2.45) is 0 Å². The van der Waals surface area contributed by atoms with Gasteiger partial charge in [-0.2, -0.15) is 0 Å². The Labute approximate surface area is 68.1 Å². The first-order valence-electron chi connectivity index (χ1n) is 4.77. The van der Waals surface area contributed by atoms with E-state index >= 15 is 0 Å². The molecule has 2 aliphatic carbocycles. The molecule has 0 radical (unpaired) electrons. The quantitative estimate of drug-likeness (QED) is 0.528. The zero-order chi connectivity index (χ0) is 7.68. The molecule has 2 rings (SSSR count). The van der Waals surface area contributed by atoms with Crippen molar-refractivity contribution in [1.82, 2.24) is 0 Å². The molecule has 0 saturated carbocycles. The van der Waals surface area contributed by atoms with Crippen molar-refractivity contribution < 1.29 is 5.11 Å². The highest BCUT2D eigenvalue weighted by Gasteiger charge is 2.22. The lowest BCUT2D eigenvalue weighted by atomic mass is 9.81. The van der Waals surface area contributed by atoms with Crippen LogP contribution in [0.1, 0.15) is 44.9 Å². The minimum Gasteiger partial charge on any atom is -0.389 e. The Hall–Kier alpha value is -0.300. The van der Waals surface area contributed by atoms with Crippen LogP contribution < -0.4 is 0 Å². The summed E-state index contributed by atoms with van der Waals surface area (Å²) in [5, 5.41) is 9.65. The van der Waals surface area contributed by atoms with E-state index in [1.54, 1.807) is 5.57 Å². The van der Waals surface area contributed by atoms with Gasteiger partial charge in [0.05, 0.1) is 6.10 Å². The summed E-state index contributed by atoms with van der Waals surface area (Å²) in [5.74, 6) is 0. The molecule has 0 aromatic carbocycles. The summed E-state index contributed by atoms with van der Waals surface area (Å²) in [7, 11) is 0. The van der Waals surface area contributed by atoms with Crippen molar-refractivity contribution in [1.29, 1.82) is 0 Å². The zero-order valence-corrected chi connectivity index (χ0v) is 6.97. The third-order valence-corrected chi connectivity index (χ3v) is 2.99. The molecule has 2 aliphatic rings. The summed E-state index contributed by atoms with van der Waals surface area (Å²) in [4.78, 5) is 0. The van der Waals surface area contributed by atoms with Crippen LogP contribution in [0.25, 0.3) is 0 Å². The van der Waals surface area contributed by atoms with Gasteiger partial charge in [0.15, 0.2) is 0 Å². The standard InChI is InChI=1S/C10H16O/c11-10-7-3-5-8-4-1-2-6-9(8)10/h10-11H,1-7H2/t10-/m0/s1. The molecule has 1 atom stereocenters. The summed E-state index contributed by atoms with van der Waals surface area (Å²) >= 11 is 0. The van der Waals surface area contributed by atoms with E-state index in [0.717, 1.165) is 6.42 Å². The Kier molecular flexibility index (Phi) is 1.99. The van der Waals surface area contributed by atoms with Crippen molar-refractivity contribution in [3.63, 3.8) is 0 Å². The first kappa shape index (κ1) is 7.35. The summed E-state index contributed by atoms with van der Waals surface area (Å²) in [6, 6.07) is 0. The predicted molar refractivity (Wildman–Crippen MR) is 45.4 cm³/mol. The summed E-state index contributed by atoms with van der Waals surface area (Å²) in [6.45, 7) is 0. The minimum absolute atomic E-state index is 0.0703. The van der Waals surface area contributed by atoms with Gasteiger partial charge in [0.2, 0.25) is 0 Å². The first-order valence-corrected chi connectivity index (χ1v) is 4.77. The largest absolute Gasteiger partial charge is 0.389 e. The normalized spacial score (nSPS) is 31.9. The van der Waals surface area contributed by atoms with Crippen LogP contribution >= 0.6 is 0 Å². The van der Waals surface area contributed by atoms with Gasteiger partial charge in [0.25, 0.3) is 0 Å². The molecule has 0 aromatic rings. The van der Waals surface area contributed by atoms with Crippen LogP contribution in [0, 0.1) is 0 Å². The first-order chi connectivity index (χ1) is 5.38. The molecule has 0 unspecified atom stereocenters. The van der Waals surface area contributed by atoms with Crippen molar-refractivity contribution in [3.05, 3.63) is 11.1 Å². The number of rotatable bonds is 0. The molecule has 1 N–H and O–H groups in total. The highest BCUT2D eigenvalue weighted by molar-refractivity contribution is 5.23. The van der Waals surface area contributed by atoms with Crippen molar-refractivity contribution >= 4 is 0 Å². The monoisotopic (exact) mass is 152 g/mol. The highest BCUT2D eigenvalue weighted by atomic mass is 16.3. The van der Waals surface area contributed by atoms with Gasteiger partial charge in [0, 0.05) is 0 Å². The lowest BCUT2D eigenvalue weighted by molar-refractivity contribution is 0.180. The van der Waals surface area contributed by atoms with Crippen LogP contribution in [0.4, 0.5) is 0 Å². The van der Waals surface area contributed by atoms with Crippen molar-refractivity contribution in [2.45, 2.75) is 51.0 Å². The van der Waals surface area contributed by atoms with Gasteiger partial charge in [-0.05, 0) is 50.5 Å². The smallest absolute Gasteiger partial charge is 0.0752 e. The predicted octanol–water partition coefficient (Wildman–Crippen LogP) is 2.40. The van der Waals surface area contributed by atoms with E-state index in [-0.39, 0.29) is 6.10 Å². The van der Waals surface area contributed by atoms with Gasteiger partial charge in [-0.15, -0.1) is 0 Å². The topological polar surface area (TPSA) is 20.2 Å². The van der Waals surface area contributed by atoms with Gasteiger partial charge in [-0.1, -0.05) is 5.57 Å². The average Bonchev–Trinajstić information content (AvgIpc) is 2.06. The van der Waals surface area contributed by atoms with Gasteiger partial charge < -0.3 is 5.11 Å². The zero-order valence-electron chi connectivity index (χ0n) is 6.97. The van der Waals surface area contributed by atoms with Gasteiger partial charge >= 0.3 is 0 Å². The Morgan fingerprint density at radius 2 is 1.73 bits per heavy atom. The SMILES string of the molecule is O[C@H]1CCCC2=C1CCCC2. The second-order valence-electron chi connectivity index (χ2n) is 3.74. The van der Waals surface area contributed by atoms with Crippen LogP contribution in [-0.4, -0.2) is 11.2 Å². The maximum atomic E-state index is 9.65. The van der Waals surface area contributed by atoms with Gasteiger partial charge in [0.1, 0.15) is 0 Å². The second kappa shape index (κ2) is 2.98. The van der Waals surface area contributed by atoms with E-state index in [4.69, 9.17) is 0 Å². The van der Waals surface area contributed by atoms with E-state index in [1.165, 1.54) is 44.1 Å². The summed E-state index contributed by atoms with van der Waals surface area (Å²) < 4.78 is 0. The molecule has 1 heteroatoms. The van der Waals surface area contributed by atoms with E-state index in [2.05, 4.69) is 0 Å². The third-order valence-electron chi connectivity index (χ3n) is 2.99. The molecule has 11 heavy (non-hydrogen) atoms. The van der Waals surface area contributed by atoms with E-state index < -0.39 is 0 Å². The third kappa shape index (κ3) is 1.34. The second-order valence-corrected chi connectivity index (χ2v) is 3.74. The van der Waals surface area contributed by atoms with Crippen LogP contribution in [0.5, 0.6) is 0 Å². The van der Waals surface area contributed by atoms with E-state index in [9.17, 15) is 5.11 Å². The Bertz CT molecular complexity index is 177. The lowest BCUT2D eigenvalue weighted by Crippen LogP contribution is -2.19. The van der Waals surface area contributed by atoms with E-state index in [1.807, 2.05) is 0 Å². The Morgan fingerprint density at radius 1 is 1.00 bits per heavy atom. The van der Waals surface area contributed by atoms with Crippen LogP contribution in [0.15, 0.2) is 11.1 Å². The lowest BCUT2D eigenvalue weighted by Gasteiger charge is -2.28. The molecule has 0 heterocycles. The molecule has 1 nitrogen and oxygen atoms in total. The molecule has 0 aliphatic heterocycles. The molecule has 0 amide bonds. The number of aliphatic hydroxyl groups excluding tert-OH is 1. The Balaban J connectivity index is 2.21.